The molecule has 0 aromatic heterocycles. The Morgan fingerprint density at radius 3 is 2.33 bits per heavy atom. The summed E-state index contributed by atoms with van der Waals surface area (Å²) < 4.78 is 18.9. The molecule has 0 spiro atoms. The van der Waals surface area contributed by atoms with Gasteiger partial charge in [-0.2, -0.15) is 0 Å². The smallest absolute Gasteiger partial charge is 0.192 e. The lowest BCUT2D eigenvalue weighted by Gasteiger charge is -2.36. The van der Waals surface area contributed by atoms with Crippen LogP contribution in [0.2, 0.25) is 18.1 Å². The van der Waals surface area contributed by atoms with Crippen molar-refractivity contribution in [1.82, 2.24) is 0 Å². The second-order valence-electron chi connectivity index (χ2n) is 5.41. The zero-order valence-corrected chi connectivity index (χ0v) is 11.5. The Labute approximate surface area is 93.3 Å². The van der Waals surface area contributed by atoms with Gasteiger partial charge in [0.15, 0.2) is 8.32 Å². The Morgan fingerprint density at radius 2 is 1.93 bits per heavy atom. The van der Waals surface area contributed by atoms with Gasteiger partial charge in [-0.05, 0) is 24.6 Å². The van der Waals surface area contributed by atoms with E-state index in [1.807, 2.05) is 0 Å². The normalized spacial score (nSPS) is 15.1. The van der Waals surface area contributed by atoms with Gasteiger partial charge >= 0.3 is 0 Å². The Balaban J connectivity index is 3.98. The van der Waals surface area contributed by atoms with Crippen molar-refractivity contribution in [3.63, 3.8) is 0 Å². The second kappa shape index (κ2) is 5.75. The van der Waals surface area contributed by atoms with Crippen LogP contribution in [-0.2, 0) is 9.22 Å². The van der Waals surface area contributed by atoms with E-state index in [9.17, 15) is 9.18 Å². The average Bonchev–Trinajstić information content (AvgIpc) is 2.09. The lowest BCUT2D eigenvalue weighted by atomic mass is 10.2. The standard InChI is InChI=1S/C11H23FO2Si/c1-11(2,3)15(4,5)14-9-10(12)7-6-8-13/h8,10H,6-7,9H2,1-5H3/t10-/m1/s1. The van der Waals surface area contributed by atoms with Gasteiger partial charge < -0.3 is 9.22 Å². The topological polar surface area (TPSA) is 26.3 Å². The number of aldehydes is 1. The Hall–Kier alpha value is -0.223. The number of carbonyl (C=O) groups excluding carboxylic acids is 1. The summed E-state index contributed by atoms with van der Waals surface area (Å²) in [5.74, 6) is 0. The molecule has 0 N–H and O–H groups in total. The van der Waals surface area contributed by atoms with Gasteiger partial charge in [-0.25, -0.2) is 4.39 Å². The van der Waals surface area contributed by atoms with Crippen molar-refractivity contribution in [3.8, 4) is 0 Å². The third kappa shape index (κ3) is 5.42. The minimum atomic E-state index is -1.84. The fourth-order valence-corrected chi connectivity index (χ4v) is 1.88. The van der Waals surface area contributed by atoms with E-state index in [2.05, 4.69) is 33.9 Å². The molecule has 0 unspecified atom stereocenters. The molecule has 0 amide bonds. The molecular formula is C11H23FO2Si. The zero-order chi connectivity index (χ0) is 12.1. The first-order valence-corrected chi connectivity index (χ1v) is 8.33. The van der Waals surface area contributed by atoms with Crippen molar-refractivity contribution in [2.45, 2.75) is 57.9 Å². The van der Waals surface area contributed by atoms with Crippen LogP contribution >= 0.6 is 0 Å². The van der Waals surface area contributed by atoms with Crippen LogP contribution < -0.4 is 0 Å². The van der Waals surface area contributed by atoms with E-state index in [1.54, 1.807) is 0 Å². The maximum absolute atomic E-state index is 13.2. The molecule has 0 aliphatic carbocycles. The lowest BCUT2D eigenvalue weighted by Crippen LogP contribution is -2.42. The van der Waals surface area contributed by atoms with Gasteiger partial charge in [-0.15, -0.1) is 0 Å². The SMILES string of the molecule is CC(C)(C)[Si](C)(C)OC[C@H](F)CCC=O. The highest BCUT2D eigenvalue weighted by atomic mass is 28.4. The van der Waals surface area contributed by atoms with E-state index in [0.717, 1.165) is 6.29 Å². The summed E-state index contributed by atoms with van der Waals surface area (Å²) in [6, 6.07) is 0. The highest BCUT2D eigenvalue weighted by Gasteiger charge is 2.37. The fourth-order valence-electron chi connectivity index (χ4n) is 0.847. The van der Waals surface area contributed by atoms with Crippen molar-refractivity contribution in [2.75, 3.05) is 6.61 Å². The van der Waals surface area contributed by atoms with E-state index in [4.69, 9.17) is 4.43 Å². The second-order valence-corrected chi connectivity index (χ2v) is 10.2. The molecule has 0 aromatic carbocycles. The summed E-state index contributed by atoms with van der Waals surface area (Å²) in [6.07, 6.45) is 0.295. The molecule has 1 atom stereocenters. The van der Waals surface area contributed by atoms with Gasteiger partial charge in [-0.1, -0.05) is 20.8 Å². The fraction of sp³-hybridized carbons (Fsp3) is 0.909. The quantitative estimate of drug-likeness (QED) is 0.520. The first-order valence-electron chi connectivity index (χ1n) is 5.42. The van der Waals surface area contributed by atoms with Crippen LogP contribution in [0.3, 0.4) is 0 Å². The molecule has 0 fully saturated rings. The number of hydrogen-bond acceptors (Lipinski definition) is 2. The maximum Gasteiger partial charge on any atom is 0.192 e. The van der Waals surface area contributed by atoms with Gasteiger partial charge in [0, 0.05) is 6.42 Å². The number of halogens is 1. The molecule has 90 valence electrons. The molecule has 0 saturated heterocycles. The van der Waals surface area contributed by atoms with Crippen LogP contribution in [0.1, 0.15) is 33.6 Å². The number of carbonyl (C=O) groups is 1. The molecule has 0 aliphatic rings. The molecule has 0 radical (unpaired) electrons. The summed E-state index contributed by atoms with van der Waals surface area (Å²) in [4.78, 5) is 10.1. The van der Waals surface area contributed by atoms with E-state index in [0.29, 0.717) is 0 Å². The molecule has 0 heterocycles. The first kappa shape index (κ1) is 14.8. The van der Waals surface area contributed by atoms with Crippen LogP contribution in [0.5, 0.6) is 0 Å². The molecule has 0 aliphatic heterocycles. The van der Waals surface area contributed by atoms with Crippen molar-refractivity contribution < 1.29 is 13.6 Å². The monoisotopic (exact) mass is 234 g/mol. The van der Waals surface area contributed by atoms with Crippen LogP contribution in [0.4, 0.5) is 4.39 Å². The summed E-state index contributed by atoms with van der Waals surface area (Å²) >= 11 is 0. The Kier molecular flexibility index (Phi) is 5.66. The highest BCUT2D eigenvalue weighted by molar-refractivity contribution is 6.74. The molecular weight excluding hydrogens is 211 g/mol. The predicted molar refractivity (Wildman–Crippen MR) is 63.3 cm³/mol. The van der Waals surface area contributed by atoms with Gasteiger partial charge in [-0.3, -0.25) is 0 Å². The van der Waals surface area contributed by atoms with E-state index in [1.165, 1.54) is 0 Å². The molecule has 4 heteroatoms. The molecule has 2 nitrogen and oxygen atoms in total. The third-order valence-corrected chi connectivity index (χ3v) is 7.53. The molecule has 0 bridgehead atoms. The third-order valence-electron chi connectivity index (χ3n) is 3.03. The van der Waals surface area contributed by atoms with Crippen LogP contribution in [0.15, 0.2) is 0 Å². The Bertz CT molecular complexity index is 199. The minimum absolute atomic E-state index is 0.109. The lowest BCUT2D eigenvalue weighted by molar-refractivity contribution is -0.108. The summed E-state index contributed by atoms with van der Waals surface area (Å²) in [5, 5.41) is 0.109. The first-order chi connectivity index (χ1) is 6.70. The predicted octanol–water partition coefficient (Wildman–Crippen LogP) is 3.33. The molecule has 15 heavy (non-hydrogen) atoms. The maximum atomic E-state index is 13.2. The Morgan fingerprint density at radius 1 is 1.40 bits per heavy atom. The van der Waals surface area contributed by atoms with Gasteiger partial charge in [0.2, 0.25) is 0 Å². The summed E-state index contributed by atoms with van der Waals surface area (Å²) in [5.41, 5.74) is 0. The van der Waals surface area contributed by atoms with Crippen molar-refractivity contribution >= 4 is 14.6 Å². The van der Waals surface area contributed by atoms with Crippen LogP contribution in [0.25, 0.3) is 0 Å². The van der Waals surface area contributed by atoms with Gasteiger partial charge in [0.25, 0.3) is 0 Å². The molecule has 0 aromatic rings. The van der Waals surface area contributed by atoms with Crippen molar-refractivity contribution in [3.05, 3.63) is 0 Å². The zero-order valence-electron chi connectivity index (χ0n) is 10.5. The largest absolute Gasteiger partial charge is 0.414 e. The minimum Gasteiger partial charge on any atom is -0.414 e. The van der Waals surface area contributed by atoms with Crippen molar-refractivity contribution in [1.29, 1.82) is 0 Å². The van der Waals surface area contributed by atoms with Gasteiger partial charge in [0.1, 0.15) is 12.5 Å². The number of hydrogen-bond donors (Lipinski definition) is 0. The molecule has 0 rings (SSSR count). The number of rotatable bonds is 6. The van der Waals surface area contributed by atoms with E-state index in [-0.39, 0.29) is 24.5 Å². The summed E-state index contributed by atoms with van der Waals surface area (Å²) in [7, 11) is -1.84. The number of alkyl halides is 1. The van der Waals surface area contributed by atoms with E-state index >= 15 is 0 Å². The highest BCUT2D eigenvalue weighted by Crippen LogP contribution is 2.36. The van der Waals surface area contributed by atoms with Gasteiger partial charge in [0.05, 0.1) is 6.61 Å². The summed E-state index contributed by atoms with van der Waals surface area (Å²) in [6.45, 7) is 10.7. The van der Waals surface area contributed by atoms with Crippen molar-refractivity contribution in [2.24, 2.45) is 0 Å². The van der Waals surface area contributed by atoms with Crippen LogP contribution in [-0.4, -0.2) is 27.4 Å². The van der Waals surface area contributed by atoms with Crippen LogP contribution in [0, 0.1) is 0 Å². The molecule has 0 saturated carbocycles. The van der Waals surface area contributed by atoms with E-state index < -0.39 is 14.5 Å². The average molecular weight is 234 g/mol.